The van der Waals surface area contributed by atoms with Gasteiger partial charge in [-0.3, -0.25) is 0 Å². The van der Waals surface area contributed by atoms with Crippen LogP contribution in [0.1, 0.15) is 66.9 Å². The summed E-state index contributed by atoms with van der Waals surface area (Å²) < 4.78 is 31.2. The molecule has 0 radical (unpaired) electrons. The quantitative estimate of drug-likeness (QED) is 0.472. The van der Waals surface area contributed by atoms with Crippen molar-refractivity contribution in [2.24, 2.45) is 0 Å². The molecule has 134 valence electrons. The van der Waals surface area contributed by atoms with Gasteiger partial charge in [0, 0.05) is 0 Å². The molecule has 0 saturated carbocycles. The molecule has 1 atom stereocenters. The fourth-order valence-electron chi connectivity index (χ4n) is 5.09. The molecule has 2 aliphatic rings. The van der Waals surface area contributed by atoms with Gasteiger partial charge < -0.3 is 0 Å². The predicted molar refractivity (Wildman–Crippen MR) is 99.6 cm³/mol. The van der Waals surface area contributed by atoms with E-state index in [1.54, 1.807) is 0 Å². The number of benzene rings is 1. The van der Waals surface area contributed by atoms with Crippen molar-refractivity contribution in [3.8, 4) is 0 Å². The Bertz CT molecular complexity index is 816. The van der Waals surface area contributed by atoms with Crippen LogP contribution in [0, 0.1) is 13.8 Å². The van der Waals surface area contributed by atoms with Crippen LogP contribution in [0.4, 0.5) is 5.25 Å². The molecule has 0 fully saturated rings. The Kier molecular flexibility index (Phi) is 4.64. The molecule has 0 spiro atoms. The van der Waals surface area contributed by atoms with E-state index in [1.165, 1.54) is 0 Å². The van der Waals surface area contributed by atoms with Crippen LogP contribution in [0.3, 0.4) is 0 Å². The van der Waals surface area contributed by atoms with Crippen molar-refractivity contribution >= 4 is 6.08 Å². The van der Waals surface area contributed by atoms with Crippen molar-refractivity contribution in [1.29, 1.82) is 0 Å². The summed E-state index contributed by atoms with van der Waals surface area (Å²) >= 11 is -5.65. The maximum absolute atomic E-state index is 16.4. The van der Waals surface area contributed by atoms with Gasteiger partial charge in [0.25, 0.3) is 0 Å². The van der Waals surface area contributed by atoms with Crippen molar-refractivity contribution in [2.45, 2.75) is 61.6 Å². The van der Waals surface area contributed by atoms with E-state index in [1.807, 2.05) is 72.8 Å². The fourth-order valence-corrected chi connectivity index (χ4v) is 13.6. The Hall–Kier alpha value is -0.817. The molecule has 25 heavy (non-hydrogen) atoms. The molecule has 0 bridgehead atoms. The Morgan fingerprint density at radius 2 is 1.44 bits per heavy atom. The van der Waals surface area contributed by atoms with Gasteiger partial charge in [0.1, 0.15) is 0 Å². The van der Waals surface area contributed by atoms with E-state index in [-0.39, 0.29) is 0 Å². The molecular weight excluding hydrogens is 393 g/mol. The second kappa shape index (κ2) is 6.12. The molecule has 0 heterocycles. The molecule has 0 aliphatic heterocycles. The maximum atomic E-state index is 16.4. The number of halogens is 2. The topological polar surface area (TPSA) is 0 Å². The van der Waals surface area contributed by atoms with Gasteiger partial charge in [0.05, 0.1) is 0 Å². The number of hydrogen-bond acceptors (Lipinski definition) is 0. The first-order chi connectivity index (χ1) is 11.6. The Morgan fingerprint density at radius 1 is 0.920 bits per heavy atom. The van der Waals surface area contributed by atoms with Crippen molar-refractivity contribution < 1.29 is 26.7 Å². The van der Waals surface area contributed by atoms with Gasteiger partial charge >= 0.3 is 157 Å². The Balaban J connectivity index is 2.24. The molecule has 0 saturated heterocycles. The summed E-state index contributed by atoms with van der Waals surface area (Å²) in [7, 11) is 0. The van der Waals surface area contributed by atoms with Crippen molar-refractivity contribution in [3.63, 3.8) is 0 Å². The monoisotopic (exact) mass is 420 g/mol. The van der Waals surface area contributed by atoms with Gasteiger partial charge in [0.15, 0.2) is 0 Å². The molecule has 3 rings (SSSR count). The predicted octanol–water partition coefficient (Wildman–Crippen LogP) is 7.55. The van der Waals surface area contributed by atoms with E-state index in [9.17, 15) is 0 Å². The van der Waals surface area contributed by atoms with E-state index in [2.05, 4.69) is 0 Å². The molecule has 0 nitrogen and oxygen atoms in total. The normalized spacial score (nSPS) is 22.2. The number of hydrogen-bond donors (Lipinski definition) is 0. The van der Waals surface area contributed by atoms with Crippen LogP contribution >= 0.6 is 0 Å². The molecule has 1 aromatic rings. The van der Waals surface area contributed by atoms with Crippen LogP contribution < -0.4 is 0 Å². The number of fused-ring (bicyclic) bond motifs is 1. The zero-order valence-corrected chi connectivity index (χ0v) is 18.8. The SMILES string of the molecule is CC[C]1([Zr]([F])([F])[CH]2C=Cc3c(C)ccc(C)c32)C(C)=C(C)C(C)=C1C. The van der Waals surface area contributed by atoms with E-state index >= 15 is 5.25 Å². The van der Waals surface area contributed by atoms with Crippen LogP contribution in [0.15, 0.2) is 40.5 Å². The van der Waals surface area contributed by atoms with Gasteiger partial charge in [-0.2, -0.15) is 0 Å². The summed E-state index contributed by atoms with van der Waals surface area (Å²) in [6.45, 7) is 13.9. The third-order valence-corrected chi connectivity index (χ3v) is 15.6. The van der Waals surface area contributed by atoms with Crippen molar-refractivity contribution in [1.82, 2.24) is 0 Å². The first-order valence-corrected chi connectivity index (χ1v) is 13.6. The van der Waals surface area contributed by atoms with Crippen molar-refractivity contribution in [2.75, 3.05) is 0 Å². The standard InChI is InChI=1S/C11H11.C11H17.2FH.Zr/c1-8-6-7-9(2)11-5-3-4-10(8)11;1-6-11-9(4)7(2)8(3)10(11)5;;;/h3-7H,1-2H3;6H2,1-5H3;2*1H;/q;;;;+2/p-2. The summed E-state index contributed by atoms with van der Waals surface area (Å²) in [6.07, 6.45) is 4.28. The summed E-state index contributed by atoms with van der Waals surface area (Å²) in [6, 6.07) is 4.05. The van der Waals surface area contributed by atoms with E-state index in [0.717, 1.165) is 44.5 Å². The van der Waals surface area contributed by atoms with Gasteiger partial charge in [-0.1, -0.05) is 0 Å². The minimum absolute atomic E-state index is 0.507. The summed E-state index contributed by atoms with van der Waals surface area (Å²) in [5.41, 5.74) is 8.06. The molecule has 0 N–H and O–H groups in total. The average Bonchev–Trinajstić information content (AvgIpc) is 3.10. The zero-order valence-electron chi connectivity index (χ0n) is 16.3. The average molecular weight is 422 g/mol. The van der Waals surface area contributed by atoms with Crippen LogP contribution in [0.2, 0.25) is 3.12 Å². The van der Waals surface area contributed by atoms with E-state index in [0.29, 0.717) is 6.42 Å². The second-order valence-corrected chi connectivity index (χ2v) is 14.4. The molecule has 1 unspecified atom stereocenters. The first kappa shape index (κ1) is 19.0. The van der Waals surface area contributed by atoms with Crippen LogP contribution in [0.25, 0.3) is 6.08 Å². The molecular formula is C22H28F2Zr. The summed E-state index contributed by atoms with van der Waals surface area (Å²) in [5.74, 6) is 0. The summed E-state index contributed by atoms with van der Waals surface area (Å²) in [4.78, 5) is 0. The minimum atomic E-state index is -5.65. The third-order valence-electron chi connectivity index (χ3n) is 6.95. The number of rotatable bonds is 3. The molecule has 1 aromatic carbocycles. The van der Waals surface area contributed by atoms with Crippen molar-refractivity contribution in [3.05, 3.63) is 62.8 Å². The van der Waals surface area contributed by atoms with Gasteiger partial charge in [-0.05, 0) is 0 Å². The van der Waals surface area contributed by atoms with Gasteiger partial charge in [0.2, 0.25) is 0 Å². The van der Waals surface area contributed by atoms with E-state index in [4.69, 9.17) is 0 Å². The van der Waals surface area contributed by atoms with Crippen LogP contribution in [0.5, 0.6) is 0 Å². The first-order valence-electron chi connectivity index (χ1n) is 9.13. The Morgan fingerprint density at radius 3 is 1.96 bits per heavy atom. The van der Waals surface area contributed by atoms with Gasteiger partial charge in [-0.15, -0.1) is 0 Å². The van der Waals surface area contributed by atoms with Crippen LogP contribution in [-0.4, -0.2) is 0 Å². The third kappa shape index (κ3) is 2.30. The van der Waals surface area contributed by atoms with E-state index < -0.39 is 28.2 Å². The molecule has 0 amide bonds. The second-order valence-electron chi connectivity index (χ2n) is 7.75. The Labute approximate surface area is 156 Å². The fraction of sp³-hybridized carbons (Fsp3) is 0.455. The van der Waals surface area contributed by atoms with Gasteiger partial charge in [-0.25, -0.2) is 0 Å². The van der Waals surface area contributed by atoms with Crippen LogP contribution in [-0.2, 0) is 21.5 Å². The number of aryl methyl sites for hydroxylation is 2. The molecule has 3 heteroatoms. The summed E-state index contributed by atoms with van der Waals surface area (Å²) in [5, 5.41) is 0. The number of allylic oxidation sites excluding steroid dienone is 5. The molecule has 2 aliphatic carbocycles. The molecule has 0 aromatic heterocycles. The zero-order chi connectivity index (χ0) is 18.7.